The summed E-state index contributed by atoms with van der Waals surface area (Å²) in [7, 11) is 0. The molecule has 1 aliphatic heterocycles. The molecule has 2 aromatic carbocycles. The SMILES string of the molecule is O=C(NCC[C@H]1COc2ccccc2O1)c1cccc2ncccc12. The number of aromatic nitrogens is 1. The van der Waals surface area contributed by atoms with E-state index >= 15 is 0 Å². The molecule has 1 aromatic heterocycles. The highest BCUT2D eigenvalue weighted by Crippen LogP contribution is 2.31. The molecule has 0 unspecified atom stereocenters. The van der Waals surface area contributed by atoms with E-state index in [-0.39, 0.29) is 12.0 Å². The van der Waals surface area contributed by atoms with Crippen LogP contribution in [-0.4, -0.2) is 30.1 Å². The average Bonchev–Trinajstić information content (AvgIpc) is 2.67. The number of nitrogens with zero attached hydrogens (tertiary/aromatic N) is 1. The number of nitrogens with one attached hydrogen (secondary N) is 1. The van der Waals surface area contributed by atoms with E-state index in [0.717, 1.165) is 22.4 Å². The third kappa shape index (κ3) is 3.26. The third-order valence-corrected chi connectivity index (χ3v) is 4.21. The molecule has 0 aliphatic carbocycles. The quantitative estimate of drug-likeness (QED) is 0.796. The van der Waals surface area contributed by atoms with Crippen molar-refractivity contribution in [3.63, 3.8) is 0 Å². The van der Waals surface area contributed by atoms with Gasteiger partial charge in [-0.25, -0.2) is 0 Å². The summed E-state index contributed by atoms with van der Waals surface area (Å²) in [6.45, 7) is 1.01. The van der Waals surface area contributed by atoms with Gasteiger partial charge in [0.1, 0.15) is 12.7 Å². The van der Waals surface area contributed by atoms with Crippen LogP contribution in [0.4, 0.5) is 0 Å². The monoisotopic (exact) mass is 334 g/mol. The van der Waals surface area contributed by atoms with Crippen molar-refractivity contribution in [3.8, 4) is 11.5 Å². The van der Waals surface area contributed by atoms with Gasteiger partial charge in [0, 0.05) is 30.1 Å². The van der Waals surface area contributed by atoms with E-state index in [1.54, 1.807) is 6.20 Å². The first-order valence-corrected chi connectivity index (χ1v) is 8.32. The Balaban J connectivity index is 1.37. The molecule has 3 aromatic rings. The van der Waals surface area contributed by atoms with Crippen LogP contribution < -0.4 is 14.8 Å². The highest BCUT2D eigenvalue weighted by atomic mass is 16.6. The minimum absolute atomic E-state index is 0.0654. The number of pyridine rings is 1. The number of carbonyl (C=O) groups is 1. The second-order valence-corrected chi connectivity index (χ2v) is 5.92. The normalized spacial score (nSPS) is 15.8. The van der Waals surface area contributed by atoms with Gasteiger partial charge in [0.25, 0.3) is 5.91 Å². The van der Waals surface area contributed by atoms with Gasteiger partial charge in [-0.3, -0.25) is 9.78 Å². The number of ether oxygens (including phenoxy) is 2. The molecule has 25 heavy (non-hydrogen) atoms. The standard InChI is InChI=1S/C20H18N2O3/c23-20(16-5-3-7-17-15(16)6-4-11-21-17)22-12-10-14-13-24-18-8-1-2-9-19(18)25-14/h1-9,11,14H,10,12-13H2,(H,22,23)/t14-/m0/s1. The molecule has 126 valence electrons. The third-order valence-electron chi connectivity index (χ3n) is 4.21. The fourth-order valence-electron chi connectivity index (χ4n) is 2.95. The zero-order valence-corrected chi connectivity index (χ0v) is 13.6. The Labute approximate surface area is 145 Å². The fraction of sp³-hybridized carbons (Fsp3) is 0.200. The maximum atomic E-state index is 12.5. The van der Waals surface area contributed by atoms with Gasteiger partial charge in [0.2, 0.25) is 0 Å². The molecule has 5 heteroatoms. The lowest BCUT2D eigenvalue weighted by Crippen LogP contribution is -2.34. The van der Waals surface area contributed by atoms with Crippen LogP contribution in [0, 0.1) is 0 Å². The van der Waals surface area contributed by atoms with Gasteiger partial charge >= 0.3 is 0 Å². The van der Waals surface area contributed by atoms with Crippen molar-refractivity contribution in [1.29, 1.82) is 0 Å². The molecular formula is C20H18N2O3. The summed E-state index contributed by atoms with van der Waals surface area (Å²) in [4.78, 5) is 16.8. The van der Waals surface area contributed by atoms with Crippen molar-refractivity contribution in [2.45, 2.75) is 12.5 Å². The zero-order chi connectivity index (χ0) is 17.1. The lowest BCUT2D eigenvalue weighted by Gasteiger charge is -2.26. The van der Waals surface area contributed by atoms with Gasteiger partial charge in [0.15, 0.2) is 11.5 Å². The van der Waals surface area contributed by atoms with Gasteiger partial charge in [-0.05, 0) is 30.3 Å². The second-order valence-electron chi connectivity index (χ2n) is 5.92. The van der Waals surface area contributed by atoms with E-state index in [9.17, 15) is 4.79 Å². The summed E-state index contributed by atoms with van der Waals surface area (Å²) in [5.41, 5.74) is 1.45. The number of hydrogen-bond donors (Lipinski definition) is 1. The highest BCUT2D eigenvalue weighted by molar-refractivity contribution is 6.06. The van der Waals surface area contributed by atoms with Crippen LogP contribution in [0.3, 0.4) is 0 Å². The van der Waals surface area contributed by atoms with Gasteiger partial charge in [-0.15, -0.1) is 0 Å². The number of rotatable bonds is 4. The summed E-state index contributed by atoms with van der Waals surface area (Å²) in [6, 6.07) is 16.9. The number of hydrogen-bond acceptors (Lipinski definition) is 4. The van der Waals surface area contributed by atoms with E-state index in [2.05, 4.69) is 10.3 Å². The Morgan fingerprint density at radius 3 is 2.88 bits per heavy atom. The number of carbonyl (C=O) groups excluding carboxylic acids is 1. The number of para-hydroxylation sites is 2. The van der Waals surface area contributed by atoms with E-state index < -0.39 is 0 Å². The van der Waals surface area contributed by atoms with Crippen molar-refractivity contribution in [2.24, 2.45) is 0 Å². The van der Waals surface area contributed by atoms with E-state index in [0.29, 0.717) is 25.1 Å². The smallest absolute Gasteiger partial charge is 0.251 e. The van der Waals surface area contributed by atoms with Gasteiger partial charge in [-0.1, -0.05) is 24.3 Å². The summed E-state index contributed by atoms with van der Waals surface area (Å²) in [5, 5.41) is 3.82. The Bertz CT molecular complexity index is 905. The van der Waals surface area contributed by atoms with Crippen molar-refractivity contribution < 1.29 is 14.3 Å². The average molecular weight is 334 g/mol. The summed E-state index contributed by atoms with van der Waals surface area (Å²) < 4.78 is 11.6. The van der Waals surface area contributed by atoms with E-state index in [1.807, 2.05) is 54.6 Å². The molecule has 2 heterocycles. The maximum Gasteiger partial charge on any atom is 0.251 e. The van der Waals surface area contributed by atoms with Crippen LogP contribution in [-0.2, 0) is 0 Å². The van der Waals surface area contributed by atoms with Crippen LogP contribution in [0.2, 0.25) is 0 Å². The first-order chi connectivity index (χ1) is 12.3. The molecule has 0 saturated heterocycles. The zero-order valence-electron chi connectivity index (χ0n) is 13.6. The molecule has 0 saturated carbocycles. The topological polar surface area (TPSA) is 60.5 Å². The van der Waals surface area contributed by atoms with Crippen molar-refractivity contribution in [1.82, 2.24) is 10.3 Å². The van der Waals surface area contributed by atoms with Crippen molar-refractivity contribution >= 4 is 16.8 Å². The van der Waals surface area contributed by atoms with Gasteiger partial charge in [0.05, 0.1) is 5.52 Å². The molecule has 0 spiro atoms. The number of fused-ring (bicyclic) bond motifs is 2. The molecule has 1 atom stereocenters. The number of amides is 1. The molecule has 1 amide bonds. The molecule has 1 N–H and O–H groups in total. The minimum Gasteiger partial charge on any atom is -0.486 e. The fourth-order valence-corrected chi connectivity index (χ4v) is 2.95. The van der Waals surface area contributed by atoms with Gasteiger partial charge in [-0.2, -0.15) is 0 Å². The maximum absolute atomic E-state index is 12.5. The van der Waals surface area contributed by atoms with Crippen LogP contribution in [0.15, 0.2) is 60.8 Å². The lowest BCUT2D eigenvalue weighted by atomic mass is 10.1. The van der Waals surface area contributed by atoms with Gasteiger partial charge < -0.3 is 14.8 Å². The molecule has 0 bridgehead atoms. The van der Waals surface area contributed by atoms with Crippen molar-refractivity contribution in [2.75, 3.05) is 13.2 Å². The summed E-state index contributed by atoms with van der Waals surface area (Å²) in [5.74, 6) is 1.42. The van der Waals surface area contributed by atoms with Crippen molar-refractivity contribution in [3.05, 3.63) is 66.4 Å². The predicted octanol–water partition coefficient (Wildman–Crippen LogP) is 3.19. The molecule has 1 aliphatic rings. The molecule has 4 rings (SSSR count). The number of benzene rings is 2. The second kappa shape index (κ2) is 6.81. The van der Waals surface area contributed by atoms with Crippen LogP contribution in [0.1, 0.15) is 16.8 Å². The summed E-state index contributed by atoms with van der Waals surface area (Å²) in [6.07, 6.45) is 2.34. The van der Waals surface area contributed by atoms with Crippen LogP contribution in [0.25, 0.3) is 10.9 Å². The lowest BCUT2D eigenvalue weighted by molar-refractivity contribution is 0.0813. The Hall–Kier alpha value is -3.08. The highest BCUT2D eigenvalue weighted by Gasteiger charge is 2.20. The first kappa shape index (κ1) is 15.4. The Kier molecular flexibility index (Phi) is 4.21. The molecular weight excluding hydrogens is 316 g/mol. The first-order valence-electron chi connectivity index (χ1n) is 8.32. The summed E-state index contributed by atoms with van der Waals surface area (Å²) >= 11 is 0. The molecule has 0 fully saturated rings. The van der Waals surface area contributed by atoms with E-state index in [4.69, 9.17) is 9.47 Å². The molecule has 0 radical (unpaired) electrons. The predicted molar refractivity (Wildman–Crippen MR) is 95.0 cm³/mol. The van der Waals surface area contributed by atoms with E-state index in [1.165, 1.54) is 0 Å². The molecule has 5 nitrogen and oxygen atoms in total. The van der Waals surface area contributed by atoms with Crippen LogP contribution >= 0.6 is 0 Å². The largest absolute Gasteiger partial charge is 0.486 e. The van der Waals surface area contributed by atoms with Crippen LogP contribution in [0.5, 0.6) is 11.5 Å². The Morgan fingerprint density at radius 2 is 1.96 bits per heavy atom. The Morgan fingerprint density at radius 1 is 1.08 bits per heavy atom. The minimum atomic E-state index is -0.101.